The lowest BCUT2D eigenvalue weighted by Gasteiger charge is -2.40. The van der Waals surface area contributed by atoms with E-state index in [1.807, 2.05) is 13.0 Å². The number of rotatable bonds is 4. The SMILES string of the molecule is CCNC(=O)c1ccc(N2C(C)CCCC2CN)nn1. The van der Waals surface area contributed by atoms with Gasteiger partial charge in [0.15, 0.2) is 11.5 Å². The highest BCUT2D eigenvalue weighted by molar-refractivity contribution is 5.92. The fourth-order valence-electron chi connectivity index (χ4n) is 2.77. The maximum absolute atomic E-state index is 11.7. The molecule has 1 amide bonds. The molecule has 0 saturated carbocycles. The standard InChI is InChI=1S/C14H23N5O/c1-3-16-14(20)12-7-8-13(18-17-12)19-10(2)5-4-6-11(19)9-15/h7-8,10-11H,3-6,9,15H2,1-2H3,(H,16,20). The molecule has 1 aliphatic heterocycles. The molecule has 20 heavy (non-hydrogen) atoms. The summed E-state index contributed by atoms with van der Waals surface area (Å²) in [4.78, 5) is 13.9. The average molecular weight is 277 g/mol. The Labute approximate surface area is 119 Å². The summed E-state index contributed by atoms with van der Waals surface area (Å²) < 4.78 is 0. The van der Waals surface area contributed by atoms with Crippen LogP contribution in [0.25, 0.3) is 0 Å². The normalized spacial score (nSPS) is 22.6. The molecule has 6 heteroatoms. The molecule has 1 fully saturated rings. The second-order valence-electron chi connectivity index (χ2n) is 5.21. The third-order valence-corrected chi connectivity index (χ3v) is 3.78. The number of hydrogen-bond donors (Lipinski definition) is 2. The van der Waals surface area contributed by atoms with Crippen molar-refractivity contribution in [2.24, 2.45) is 5.73 Å². The topological polar surface area (TPSA) is 84.1 Å². The van der Waals surface area contributed by atoms with Crippen LogP contribution >= 0.6 is 0 Å². The molecular weight excluding hydrogens is 254 g/mol. The summed E-state index contributed by atoms with van der Waals surface area (Å²) in [6.45, 7) is 5.26. The highest BCUT2D eigenvalue weighted by Crippen LogP contribution is 2.26. The Hall–Kier alpha value is -1.69. The molecule has 1 aromatic rings. The summed E-state index contributed by atoms with van der Waals surface area (Å²) in [5.74, 6) is 0.620. The van der Waals surface area contributed by atoms with E-state index in [0.717, 1.165) is 18.7 Å². The molecule has 2 heterocycles. The van der Waals surface area contributed by atoms with Crippen molar-refractivity contribution in [2.75, 3.05) is 18.0 Å². The van der Waals surface area contributed by atoms with Crippen LogP contribution in [0.15, 0.2) is 12.1 Å². The smallest absolute Gasteiger partial charge is 0.271 e. The Balaban J connectivity index is 2.17. The van der Waals surface area contributed by atoms with Gasteiger partial charge in [0.2, 0.25) is 0 Å². The van der Waals surface area contributed by atoms with Gasteiger partial charge < -0.3 is 16.0 Å². The van der Waals surface area contributed by atoms with Crippen molar-refractivity contribution < 1.29 is 4.79 Å². The molecule has 0 spiro atoms. The van der Waals surface area contributed by atoms with Gasteiger partial charge >= 0.3 is 0 Å². The zero-order chi connectivity index (χ0) is 14.5. The van der Waals surface area contributed by atoms with Gasteiger partial charge in [0.1, 0.15) is 0 Å². The quantitative estimate of drug-likeness (QED) is 0.855. The van der Waals surface area contributed by atoms with Crippen LogP contribution in [0.4, 0.5) is 5.82 Å². The lowest BCUT2D eigenvalue weighted by Crippen LogP contribution is -2.49. The van der Waals surface area contributed by atoms with Crippen LogP contribution in [0.2, 0.25) is 0 Å². The lowest BCUT2D eigenvalue weighted by molar-refractivity contribution is 0.0950. The number of piperidine rings is 1. The number of nitrogens with one attached hydrogen (secondary N) is 1. The molecule has 0 aromatic carbocycles. The molecule has 1 aliphatic rings. The van der Waals surface area contributed by atoms with E-state index in [1.54, 1.807) is 6.07 Å². The minimum Gasteiger partial charge on any atom is -0.351 e. The van der Waals surface area contributed by atoms with Crippen molar-refractivity contribution in [1.82, 2.24) is 15.5 Å². The highest BCUT2D eigenvalue weighted by atomic mass is 16.1. The Kier molecular flexibility index (Phi) is 4.89. The van der Waals surface area contributed by atoms with Crippen molar-refractivity contribution in [3.63, 3.8) is 0 Å². The second-order valence-corrected chi connectivity index (χ2v) is 5.21. The molecule has 3 N–H and O–H groups in total. The van der Waals surface area contributed by atoms with Crippen molar-refractivity contribution in [3.05, 3.63) is 17.8 Å². The van der Waals surface area contributed by atoms with Crippen molar-refractivity contribution in [1.29, 1.82) is 0 Å². The Morgan fingerprint density at radius 3 is 2.85 bits per heavy atom. The molecular formula is C14H23N5O. The first-order chi connectivity index (χ1) is 9.67. The number of hydrogen-bond acceptors (Lipinski definition) is 5. The van der Waals surface area contributed by atoms with E-state index in [2.05, 4.69) is 27.3 Å². The number of nitrogens with two attached hydrogens (primary N) is 1. The first-order valence-corrected chi connectivity index (χ1v) is 7.27. The number of amides is 1. The van der Waals surface area contributed by atoms with Crippen molar-refractivity contribution >= 4 is 11.7 Å². The predicted molar refractivity (Wildman–Crippen MR) is 78.7 cm³/mol. The van der Waals surface area contributed by atoms with E-state index in [4.69, 9.17) is 5.73 Å². The number of nitrogens with zero attached hydrogens (tertiary/aromatic N) is 3. The van der Waals surface area contributed by atoms with Crippen LogP contribution < -0.4 is 16.0 Å². The van der Waals surface area contributed by atoms with Gasteiger partial charge in [0.25, 0.3) is 5.91 Å². The van der Waals surface area contributed by atoms with Gasteiger partial charge in [-0.1, -0.05) is 0 Å². The van der Waals surface area contributed by atoms with Gasteiger partial charge in [-0.3, -0.25) is 4.79 Å². The molecule has 1 saturated heterocycles. The maximum Gasteiger partial charge on any atom is 0.271 e. The summed E-state index contributed by atoms with van der Waals surface area (Å²) in [5, 5.41) is 11.0. The molecule has 110 valence electrons. The first kappa shape index (κ1) is 14.7. The minimum absolute atomic E-state index is 0.186. The molecule has 0 aliphatic carbocycles. The van der Waals surface area contributed by atoms with Crippen molar-refractivity contribution in [2.45, 2.75) is 45.2 Å². The van der Waals surface area contributed by atoms with E-state index in [0.29, 0.717) is 30.9 Å². The highest BCUT2D eigenvalue weighted by Gasteiger charge is 2.28. The Bertz CT molecular complexity index is 447. The molecule has 1 aromatic heterocycles. The maximum atomic E-state index is 11.7. The Morgan fingerprint density at radius 2 is 2.25 bits per heavy atom. The molecule has 2 rings (SSSR count). The molecule has 2 atom stereocenters. The van der Waals surface area contributed by atoms with E-state index in [1.165, 1.54) is 6.42 Å². The van der Waals surface area contributed by atoms with Gasteiger partial charge in [-0.2, -0.15) is 0 Å². The third kappa shape index (κ3) is 3.07. The summed E-state index contributed by atoms with van der Waals surface area (Å²) >= 11 is 0. The summed E-state index contributed by atoms with van der Waals surface area (Å²) in [6, 6.07) is 4.30. The van der Waals surface area contributed by atoms with Gasteiger partial charge in [0, 0.05) is 25.2 Å². The van der Waals surface area contributed by atoms with Gasteiger partial charge in [-0.25, -0.2) is 0 Å². The number of anilines is 1. The van der Waals surface area contributed by atoms with Crippen LogP contribution in [0.1, 0.15) is 43.6 Å². The zero-order valence-electron chi connectivity index (χ0n) is 12.2. The molecule has 6 nitrogen and oxygen atoms in total. The minimum atomic E-state index is -0.186. The van der Waals surface area contributed by atoms with Crippen LogP contribution in [-0.4, -0.2) is 41.3 Å². The van der Waals surface area contributed by atoms with E-state index < -0.39 is 0 Å². The van der Waals surface area contributed by atoms with Gasteiger partial charge in [-0.05, 0) is 45.2 Å². The fourth-order valence-corrected chi connectivity index (χ4v) is 2.77. The van der Waals surface area contributed by atoms with E-state index in [-0.39, 0.29) is 5.91 Å². The summed E-state index contributed by atoms with van der Waals surface area (Å²) in [5.41, 5.74) is 6.21. The Morgan fingerprint density at radius 1 is 1.45 bits per heavy atom. The predicted octanol–water partition coefficient (Wildman–Crippen LogP) is 0.932. The number of carbonyl (C=O) groups excluding carboxylic acids is 1. The molecule has 0 bridgehead atoms. The monoisotopic (exact) mass is 277 g/mol. The zero-order valence-corrected chi connectivity index (χ0v) is 12.2. The number of aromatic nitrogens is 2. The largest absolute Gasteiger partial charge is 0.351 e. The van der Waals surface area contributed by atoms with Gasteiger partial charge in [-0.15, -0.1) is 10.2 Å². The van der Waals surface area contributed by atoms with Crippen molar-refractivity contribution in [3.8, 4) is 0 Å². The lowest BCUT2D eigenvalue weighted by atomic mass is 9.96. The van der Waals surface area contributed by atoms with E-state index in [9.17, 15) is 4.79 Å². The van der Waals surface area contributed by atoms with Crippen LogP contribution in [0.3, 0.4) is 0 Å². The van der Waals surface area contributed by atoms with Crippen LogP contribution in [0, 0.1) is 0 Å². The van der Waals surface area contributed by atoms with Crippen LogP contribution in [-0.2, 0) is 0 Å². The molecule has 2 unspecified atom stereocenters. The first-order valence-electron chi connectivity index (χ1n) is 7.27. The van der Waals surface area contributed by atoms with Gasteiger partial charge in [0.05, 0.1) is 0 Å². The fraction of sp³-hybridized carbons (Fsp3) is 0.643. The number of carbonyl (C=O) groups is 1. The summed E-state index contributed by atoms with van der Waals surface area (Å²) in [6.07, 6.45) is 3.42. The summed E-state index contributed by atoms with van der Waals surface area (Å²) in [7, 11) is 0. The van der Waals surface area contributed by atoms with Crippen LogP contribution in [0.5, 0.6) is 0 Å². The second kappa shape index (κ2) is 6.65. The average Bonchev–Trinajstić information content (AvgIpc) is 2.47. The van der Waals surface area contributed by atoms with E-state index >= 15 is 0 Å². The third-order valence-electron chi connectivity index (χ3n) is 3.78. The molecule has 0 radical (unpaired) electrons.